The van der Waals surface area contributed by atoms with Crippen LogP contribution in [0.3, 0.4) is 0 Å². The van der Waals surface area contributed by atoms with Gasteiger partial charge in [-0.1, -0.05) is 12.1 Å². The summed E-state index contributed by atoms with van der Waals surface area (Å²) in [6.07, 6.45) is 2.09. The summed E-state index contributed by atoms with van der Waals surface area (Å²) in [5.41, 5.74) is -0.159. The van der Waals surface area contributed by atoms with Crippen LogP contribution >= 0.6 is 0 Å². The molecule has 8 heteroatoms. The Morgan fingerprint density at radius 3 is 2.41 bits per heavy atom. The molecule has 0 fully saturated rings. The van der Waals surface area contributed by atoms with Crippen molar-refractivity contribution >= 4 is 15.7 Å². The Labute approximate surface area is 96.6 Å². The lowest BCUT2D eigenvalue weighted by atomic mass is 10.3. The van der Waals surface area contributed by atoms with Gasteiger partial charge >= 0.3 is 0 Å². The normalized spacial score (nSPS) is 11.1. The van der Waals surface area contributed by atoms with Crippen molar-refractivity contribution in [2.75, 3.05) is 4.72 Å². The molecule has 88 valence electrons. The molecule has 0 saturated heterocycles. The molecule has 0 bridgehead atoms. The Hall–Kier alpha value is -2.09. The zero-order chi connectivity index (χ0) is 12.3. The van der Waals surface area contributed by atoms with E-state index in [1.54, 1.807) is 0 Å². The molecule has 1 heterocycles. The van der Waals surface area contributed by atoms with Crippen molar-refractivity contribution < 1.29 is 12.8 Å². The van der Waals surface area contributed by atoms with E-state index >= 15 is 0 Å². The van der Waals surface area contributed by atoms with Crippen LogP contribution in [0.5, 0.6) is 0 Å². The molecule has 2 rings (SSSR count). The molecule has 2 aromatic rings. The molecule has 0 spiro atoms. The number of halogens is 1. The molecular formula is C9H7FN4O2S. The molecular weight excluding hydrogens is 247 g/mol. The number of sulfonamides is 1. The Morgan fingerprint density at radius 1 is 1.12 bits per heavy atom. The lowest BCUT2D eigenvalue weighted by Crippen LogP contribution is -2.16. The SMILES string of the molecule is O=S(=O)(Nc1ccccc1F)c1ncncn1. The number of hydrogen-bond donors (Lipinski definition) is 1. The third-order valence-corrected chi connectivity index (χ3v) is 3.01. The fraction of sp³-hybridized carbons (Fsp3) is 0. The van der Waals surface area contributed by atoms with Crippen LogP contribution in [-0.2, 0) is 10.0 Å². The number of anilines is 1. The second-order valence-corrected chi connectivity index (χ2v) is 4.58. The summed E-state index contributed by atoms with van der Waals surface area (Å²) in [5, 5.41) is -0.462. The van der Waals surface area contributed by atoms with Gasteiger partial charge in [-0.15, -0.1) is 0 Å². The number of benzene rings is 1. The lowest BCUT2D eigenvalue weighted by molar-refractivity contribution is 0.589. The van der Waals surface area contributed by atoms with Crippen molar-refractivity contribution in [3.8, 4) is 0 Å². The Bertz CT molecular complexity index is 618. The van der Waals surface area contributed by atoms with Gasteiger partial charge in [-0.05, 0) is 12.1 Å². The number of rotatable bonds is 3. The first-order valence-electron chi connectivity index (χ1n) is 4.49. The van der Waals surface area contributed by atoms with E-state index in [-0.39, 0.29) is 5.69 Å². The van der Waals surface area contributed by atoms with Gasteiger partial charge in [-0.3, -0.25) is 4.72 Å². The Morgan fingerprint density at radius 2 is 1.76 bits per heavy atom. The van der Waals surface area contributed by atoms with Crippen LogP contribution in [0, 0.1) is 5.82 Å². The molecule has 1 N–H and O–H groups in total. The van der Waals surface area contributed by atoms with Gasteiger partial charge < -0.3 is 0 Å². The van der Waals surface area contributed by atoms with Crippen LogP contribution in [0.15, 0.2) is 42.1 Å². The average molecular weight is 254 g/mol. The summed E-state index contributed by atoms with van der Waals surface area (Å²) in [7, 11) is -3.99. The zero-order valence-corrected chi connectivity index (χ0v) is 9.22. The summed E-state index contributed by atoms with van der Waals surface area (Å²) in [5.74, 6) is -0.676. The van der Waals surface area contributed by atoms with E-state index in [0.29, 0.717) is 0 Å². The third kappa shape index (κ3) is 2.53. The molecule has 1 aromatic carbocycles. The van der Waals surface area contributed by atoms with Gasteiger partial charge in [0.25, 0.3) is 15.2 Å². The molecule has 6 nitrogen and oxygen atoms in total. The number of nitrogens with zero attached hydrogens (tertiary/aromatic N) is 3. The van der Waals surface area contributed by atoms with E-state index in [1.807, 2.05) is 4.72 Å². The number of hydrogen-bond acceptors (Lipinski definition) is 5. The van der Waals surface area contributed by atoms with Crippen LogP contribution < -0.4 is 4.72 Å². The summed E-state index contributed by atoms with van der Waals surface area (Å²) in [6, 6.07) is 5.41. The Kier molecular flexibility index (Phi) is 2.96. The molecule has 0 amide bonds. The highest BCUT2D eigenvalue weighted by molar-refractivity contribution is 7.92. The highest BCUT2D eigenvalue weighted by atomic mass is 32.2. The minimum atomic E-state index is -3.99. The van der Waals surface area contributed by atoms with Crippen molar-refractivity contribution in [1.82, 2.24) is 15.0 Å². The van der Waals surface area contributed by atoms with Crippen LogP contribution in [0.25, 0.3) is 0 Å². The molecule has 0 atom stereocenters. The number of aromatic nitrogens is 3. The summed E-state index contributed by atoms with van der Waals surface area (Å²) in [6.45, 7) is 0. The summed E-state index contributed by atoms with van der Waals surface area (Å²) < 4.78 is 38.7. The highest BCUT2D eigenvalue weighted by Gasteiger charge is 2.18. The van der Waals surface area contributed by atoms with Crippen molar-refractivity contribution in [2.45, 2.75) is 5.16 Å². The largest absolute Gasteiger partial charge is 0.297 e. The van der Waals surface area contributed by atoms with E-state index in [2.05, 4.69) is 15.0 Å². The van der Waals surface area contributed by atoms with Gasteiger partial charge in [-0.25, -0.2) is 19.3 Å². The topological polar surface area (TPSA) is 84.8 Å². The fourth-order valence-electron chi connectivity index (χ4n) is 1.10. The van der Waals surface area contributed by atoms with Gasteiger partial charge in [0, 0.05) is 0 Å². The van der Waals surface area contributed by atoms with Crippen LogP contribution in [-0.4, -0.2) is 23.4 Å². The average Bonchev–Trinajstić information content (AvgIpc) is 2.33. The van der Waals surface area contributed by atoms with Gasteiger partial charge in [0.2, 0.25) is 0 Å². The third-order valence-electron chi connectivity index (χ3n) is 1.83. The molecule has 0 unspecified atom stereocenters. The van der Waals surface area contributed by atoms with E-state index in [0.717, 1.165) is 18.7 Å². The van der Waals surface area contributed by atoms with Crippen molar-refractivity contribution in [1.29, 1.82) is 0 Å². The zero-order valence-electron chi connectivity index (χ0n) is 8.41. The Balaban J connectivity index is 2.34. The van der Waals surface area contributed by atoms with Crippen LogP contribution in [0.1, 0.15) is 0 Å². The molecule has 1 aromatic heterocycles. The van der Waals surface area contributed by atoms with Crippen molar-refractivity contribution in [3.63, 3.8) is 0 Å². The monoisotopic (exact) mass is 254 g/mol. The minimum Gasteiger partial charge on any atom is -0.274 e. The first-order valence-corrected chi connectivity index (χ1v) is 5.97. The molecule has 17 heavy (non-hydrogen) atoms. The first kappa shape index (κ1) is 11.4. The van der Waals surface area contributed by atoms with E-state index < -0.39 is 21.0 Å². The number of para-hydroxylation sites is 1. The maximum absolute atomic E-state index is 13.3. The standard InChI is InChI=1S/C9H7FN4O2S/c10-7-3-1-2-4-8(7)14-17(15,16)9-12-5-11-6-13-9/h1-6,14H. The van der Waals surface area contributed by atoms with E-state index in [1.165, 1.54) is 18.2 Å². The predicted octanol–water partition coefficient (Wildman–Crippen LogP) is 0.811. The molecule has 0 aliphatic rings. The summed E-state index contributed by atoms with van der Waals surface area (Å²) in [4.78, 5) is 10.5. The fourth-order valence-corrected chi connectivity index (χ4v) is 2.02. The quantitative estimate of drug-likeness (QED) is 0.876. The highest BCUT2D eigenvalue weighted by Crippen LogP contribution is 2.16. The molecule has 0 aliphatic heterocycles. The molecule has 0 saturated carbocycles. The van der Waals surface area contributed by atoms with E-state index in [4.69, 9.17) is 0 Å². The van der Waals surface area contributed by atoms with E-state index in [9.17, 15) is 12.8 Å². The number of nitrogens with one attached hydrogen (secondary N) is 1. The minimum absolute atomic E-state index is 0.159. The van der Waals surface area contributed by atoms with Crippen LogP contribution in [0.2, 0.25) is 0 Å². The second kappa shape index (κ2) is 4.42. The first-order chi connectivity index (χ1) is 8.09. The van der Waals surface area contributed by atoms with Crippen molar-refractivity contribution in [3.05, 3.63) is 42.7 Å². The maximum Gasteiger partial charge on any atom is 0.297 e. The maximum atomic E-state index is 13.3. The summed E-state index contributed by atoms with van der Waals surface area (Å²) >= 11 is 0. The van der Waals surface area contributed by atoms with Gasteiger partial charge in [0.1, 0.15) is 18.5 Å². The molecule has 0 aliphatic carbocycles. The predicted molar refractivity (Wildman–Crippen MR) is 57.0 cm³/mol. The molecule has 0 radical (unpaired) electrons. The lowest BCUT2D eigenvalue weighted by Gasteiger charge is -2.06. The van der Waals surface area contributed by atoms with Crippen LogP contribution in [0.4, 0.5) is 10.1 Å². The van der Waals surface area contributed by atoms with Crippen molar-refractivity contribution in [2.24, 2.45) is 0 Å². The smallest absolute Gasteiger partial charge is 0.274 e. The van der Waals surface area contributed by atoms with Gasteiger partial charge in [0.15, 0.2) is 0 Å². The van der Waals surface area contributed by atoms with Gasteiger partial charge in [0.05, 0.1) is 5.69 Å². The second-order valence-electron chi connectivity index (χ2n) is 3.01. The van der Waals surface area contributed by atoms with Gasteiger partial charge in [-0.2, -0.15) is 8.42 Å².